The summed E-state index contributed by atoms with van der Waals surface area (Å²) in [5.74, 6) is 0. The van der Waals surface area contributed by atoms with E-state index < -0.39 is 0 Å². The molecule has 1 N–H and O–H groups in total. The molecule has 3 heteroatoms. The number of nitrogens with one attached hydrogen (secondary N) is 1. The van der Waals surface area contributed by atoms with Gasteiger partial charge in [0, 0.05) is 6.61 Å². The van der Waals surface area contributed by atoms with Crippen LogP contribution in [0.1, 0.15) is 24.8 Å². The molecule has 0 radical (unpaired) electrons. The second-order valence-corrected chi connectivity index (χ2v) is 3.65. The highest BCUT2D eigenvalue weighted by atomic mass is 16.5. The zero-order chi connectivity index (χ0) is 10.3. The van der Waals surface area contributed by atoms with Gasteiger partial charge in [-0.25, -0.2) is 0 Å². The van der Waals surface area contributed by atoms with Gasteiger partial charge >= 0.3 is 0 Å². The number of rotatable bonds is 3. The van der Waals surface area contributed by atoms with Crippen molar-refractivity contribution in [3.05, 3.63) is 35.9 Å². The third-order valence-corrected chi connectivity index (χ3v) is 2.41. The van der Waals surface area contributed by atoms with E-state index in [4.69, 9.17) is 4.74 Å². The molecule has 0 aliphatic carbocycles. The van der Waals surface area contributed by atoms with Crippen molar-refractivity contribution in [1.29, 1.82) is 0 Å². The van der Waals surface area contributed by atoms with E-state index in [9.17, 15) is 0 Å². The Labute approximate surface area is 90.1 Å². The summed E-state index contributed by atoms with van der Waals surface area (Å²) in [4.78, 5) is 0. The lowest BCUT2D eigenvalue weighted by Gasteiger charge is -2.21. The zero-order valence-corrected chi connectivity index (χ0v) is 8.73. The molecule has 1 aliphatic rings. The van der Waals surface area contributed by atoms with E-state index in [2.05, 4.69) is 10.5 Å². The molecule has 0 aromatic heterocycles. The van der Waals surface area contributed by atoms with Crippen LogP contribution in [0.3, 0.4) is 0 Å². The van der Waals surface area contributed by atoms with Gasteiger partial charge in [0.05, 0.1) is 6.21 Å². The van der Waals surface area contributed by atoms with Crippen LogP contribution in [0, 0.1) is 0 Å². The standard InChI is InChI=1S/C12H16N2O/c1-2-6-11(7-3-1)10-13-14-12-8-4-5-9-15-12/h1-3,6-7,10,12,14H,4-5,8-9H2. The van der Waals surface area contributed by atoms with Crippen LogP contribution >= 0.6 is 0 Å². The molecule has 1 heterocycles. The van der Waals surface area contributed by atoms with Crippen LogP contribution in [0.25, 0.3) is 0 Å². The van der Waals surface area contributed by atoms with Crippen molar-refractivity contribution in [2.75, 3.05) is 6.61 Å². The molecule has 1 aliphatic heterocycles. The van der Waals surface area contributed by atoms with Crippen LogP contribution in [-0.4, -0.2) is 19.0 Å². The summed E-state index contributed by atoms with van der Waals surface area (Å²) in [5, 5.41) is 4.17. The maximum Gasteiger partial charge on any atom is 0.142 e. The normalized spacial score (nSPS) is 21.7. The quantitative estimate of drug-likeness (QED) is 0.604. The second-order valence-electron chi connectivity index (χ2n) is 3.65. The maximum atomic E-state index is 5.49. The smallest absolute Gasteiger partial charge is 0.142 e. The van der Waals surface area contributed by atoms with Crippen molar-refractivity contribution in [3.8, 4) is 0 Å². The molecule has 1 saturated heterocycles. The molecule has 3 nitrogen and oxygen atoms in total. The van der Waals surface area contributed by atoms with Gasteiger partial charge in [-0.15, -0.1) is 0 Å². The minimum Gasteiger partial charge on any atom is -0.357 e. The Bertz CT molecular complexity index is 305. The fourth-order valence-electron chi connectivity index (χ4n) is 1.58. The molecule has 0 bridgehead atoms. The van der Waals surface area contributed by atoms with E-state index in [1.807, 2.05) is 36.5 Å². The number of nitrogens with zero attached hydrogens (tertiary/aromatic N) is 1. The molecule has 1 unspecified atom stereocenters. The Kier molecular flexibility index (Phi) is 3.74. The molecule has 0 amide bonds. The average molecular weight is 204 g/mol. The first-order valence-electron chi connectivity index (χ1n) is 5.40. The molecule has 1 atom stereocenters. The highest BCUT2D eigenvalue weighted by molar-refractivity contribution is 5.79. The van der Waals surface area contributed by atoms with Gasteiger partial charge in [-0.1, -0.05) is 30.3 Å². The Balaban J connectivity index is 1.79. The van der Waals surface area contributed by atoms with E-state index in [1.54, 1.807) is 0 Å². The molecule has 1 aromatic rings. The maximum absolute atomic E-state index is 5.49. The monoisotopic (exact) mass is 204 g/mol. The van der Waals surface area contributed by atoms with Gasteiger partial charge in [-0.05, 0) is 24.8 Å². The topological polar surface area (TPSA) is 33.6 Å². The summed E-state index contributed by atoms with van der Waals surface area (Å²) in [6.45, 7) is 0.846. The summed E-state index contributed by atoms with van der Waals surface area (Å²) < 4.78 is 5.49. The SMILES string of the molecule is C(=NNC1CCCCO1)c1ccccc1. The van der Waals surface area contributed by atoms with Crippen LogP contribution in [-0.2, 0) is 4.74 Å². The summed E-state index contributed by atoms with van der Waals surface area (Å²) in [5.41, 5.74) is 4.12. The van der Waals surface area contributed by atoms with Gasteiger partial charge in [0.1, 0.15) is 6.23 Å². The second kappa shape index (κ2) is 5.51. The van der Waals surface area contributed by atoms with E-state index >= 15 is 0 Å². The third-order valence-electron chi connectivity index (χ3n) is 2.41. The minimum atomic E-state index is 0.0960. The highest BCUT2D eigenvalue weighted by Gasteiger charge is 2.11. The van der Waals surface area contributed by atoms with Crippen LogP contribution in [0.5, 0.6) is 0 Å². The van der Waals surface area contributed by atoms with Gasteiger partial charge in [0.15, 0.2) is 0 Å². The Morgan fingerprint density at radius 3 is 2.87 bits per heavy atom. The lowest BCUT2D eigenvalue weighted by Crippen LogP contribution is -2.31. The summed E-state index contributed by atoms with van der Waals surface area (Å²) in [7, 11) is 0. The van der Waals surface area contributed by atoms with Gasteiger partial charge < -0.3 is 4.74 Å². The van der Waals surface area contributed by atoms with Crippen molar-refractivity contribution >= 4 is 6.21 Å². The summed E-state index contributed by atoms with van der Waals surface area (Å²) in [6.07, 6.45) is 5.35. The van der Waals surface area contributed by atoms with Gasteiger partial charge in [-0.3, -0.25) is 5.43 Å². The molecule has 1 fully saturated rings. The molecular formula is C12H16N2O. The molecular weight excluding hydrogens is 188 g/mol. The number of hydrogen-bond acceptors (Lipinski definition) is 3. The van der Waals surface area contributed by atoms with Crippen LogP contribution < -0.4 is 5.43 Å². The van der Waals surface area contributed by atoms with E-state index in [0.717, 1.165) is 18.6 Å². The molecule has 2 rings (SSSR count). The number of benzene rings is 1. The lowest BCUT2D eigenvalue weighted by molar-refractivity contribution is -0.00438. The van der Waals surface area contributed by atoms with Crippen LogP contribution in [0.2, 0.25) is 0 Å². The van der Waals surface area contributed by atoms with E-state index in [0.29, 0.717) is 0 Å². The fraction of sp³-hybridized carbons (Fsp3) is 0.417. The van der Waals surface area contributed by atoms with Crippen LogP contribution in [0.15, 0.2) is 35.4 Å². The van der Waals surface area contributed by atoms with Crippen LogP contribution in [0.4, 0.5) is 0 Å². The third kappa shape index (κ3) is 3.36. The molecule has 0 spiro atoms. The molecule has 0 saturated carbocycles. The lowest BCUT2D eigenvalue weighted by atomic mass is 10.2. The fourth-order valence-corrected chi connectivity index (χ4v) is 1.58. The average Bonchev–Trinajstić information content (AvgIpc) is 2.32. The van der Waals surface area contributed by atoms with Crippen molar-refractivity contribution < 1.29 is 4.74 Å². The molecule has 15 heavy (non-hydrogen) atoms. The Hall–Kier alpha value is -1.35. The highest BCUT2D eigenvalue weighted by Crippen LogP contribution is 2.09. The Morgan fingerprint density at radius 2 is 2.13 bits per heavy atom. The van der Waals surface area contributed by atoms with Gasteiger partial charge in [0.2, 0.25) is 0 Å². The van der Waals surface area contributed by atoms with E-state index in [1.165, 1.54) is 12.8 Å². The first-order valence-corrected chi connectivity index (χ1v) is 5.40. The first-order chi connectivity index (χ1) is 7.45. The predicted octanol–water partition coefficient (Wildman–Crippen LogP) is 2.14. The number of hydrazone groups is 1. The molecule has 1 aromatic carbocycles. The molecule has 80 valence electrons. The largest absolute Gasteiger partial charge is 0.357 e. The van der Waals surface area contributed by atoms with Gasteiger partial charge in [0.25, 0.3) is 0 Å². The predicted molar refractivity (Wildman–Crippen MR) is 60.8 cm³/mol. The van der Waals surface area contributed by atoms with Gasteiger partial charge in [-0.2, -0.15) is 5.10 Å². The number of hydrogen-bond donors (Lipinski definition) is 1. The van der Waals surface area contributed by atoms with Crippen molar-refractivity contribution in [1.82, 2.24) is 5.43 Å². The minimum absolute atomic E-state index is 0.0960. The number of ether oxygens (including phenoxy) is 1. The van der Waals surface area contributed by atoms with Crippen molar-refractivity contribution in [2.45, 2.75) is 25.5 Å². The summed E-state index contributed by atoms with van der Waals surface area (Å²) >= 11 is 0. The van der Waals surface area contributed by atoms with Crippen molar-refractivity contribution in [3.63, 3.8) is 0 Å². The van der Waals surface area contributed by atoms with Crippen molar-refractivity contribution in [2.24, 2.45) is 5.10 Å². The zero-order valence-electron chi connectivity index (χ0n) is 8.73. The van der Waals surface area contributed by atoms with E-state index in [-0.39, 0.29) is 6.23 Å². The summed E-state index contributed by atoms with van der Waals surface area (Å²) in [6, 6.07) is 10.0. The first kappa shape index (κ1) is 10.2. The Morgan fingerprint density at radius 1 is 1.27 bits per heavy atom.